The van der Waals surface area contributed by atoms with Crippen molar-refractivity contribution < 1.29 is 31.3 Å². The van der Waals surface area contributed by atoms with Crippen molar-refractivity contribution in [3.8, 4) is 0 Å². The summed E-state index contributed by atoms with van der Waals surface area (Å²) in [4.78, 5) is 21.3. The second-order valence-corrected chi connectivity index (χ2v) is 4.21. The highest BCUT2D eigenvalue weighted by Crippen LogP contribution is 2.12. The lowest BCUT2D eigenvalue weighted by atomic mass is 9.96. The van der Waals surface area contributed by atoms with Crippen LogP contribution in [0.25, 0.3) is 0 Å². The van der Waals surface area contributed by atoms with Crippen molar-refractivity contribution in [1.82, 2.24) is 0 Å². The zero-order valence-electron chi connectivity index (χ0n) is 9.93. The van der Waals surface area contributed by atoms with Gasteiger partial charge in [0.25, 0.3) is 0 Å². The molecule has 1 aromatic rings. The van der Waals surface area contributed by atoms with Crippen LogP contribution >= 0.6 is 0 Å². The van der Waals surface area contributed by atoms with Crippen LogP contribution in [0.15, 0.2) is 24.3 Å². The van der Waals surface area contributed by atoms with Gasteiger partial charge in [0.05, 0.1) is 11.9 Å². The molecule has 0 fully saturated rings. The molecule has 98 valence electrons. The third-order valence-electron chi connectivity index (χ3n) is 2.72. The van der Waals surface area contributed by atoms with Crippen LogP contribution in [0.2, 0.25) is 0 Å². The third-order valence-corrected chi connectivity index (χ3v) is 2.72. The molecule has 0 aromatic heterocycles. The van der Waals surface area contributed by atoms with E-state index in [0.717, 1.165) is 11.1 Å². The Labute approximate surface area is 104 Å². The molecular formula is C12H16N2O4. The number of benzene rings is 1. The molecule has 18 heavy (non-hydrogen) atoms. The second-order valence-electron chi connectivity index (χ2n) is 4.21. The molecule has 1 rings (SSSR count). The lowest BCUT2D eigenvalue weighted by Crippen LogP contribution is -2.70. The largest absolute Gasteiger partial charge is 0.544 e. The fourth-order valence-electron chi connectivity index (χ4n) is 1.65. The van der Waals surface area contributed by atoms with Gasteiger partial charge in [0, 0.05) is 12.8 Å². The monoisotopic (exact) mass is 252 g/mol. The molecule has 0 amide bonds. The van der Waals surface area contributed by atoms with E-state index >= 15 is 0 Å². The molecule has 0 aliphatic rings. The van der Waals surface area contributed by atoms with Gasteiger partial charge in [-0.1, -0.05) is 24.3 Å². The molecule has 2 atom stereocenters. The summed E-state index contributed by atoms with van der Waals surface area (Å²) < 4.78 is 0. The van der Waals surface area contributed by atoms with Gasteiger partial charge in [-0.05, 0) is 11.1 Å². The molecule has 0 unspecified atom stereocenters. The van der Waals surface area contributed by atoms with E-state index in [1.807, 2.05) is 0 Å². The van der Waals surface area contributed by atoms with Crippen molar-refractivity contribution in [2.75, 3.05) is 0 Å². The Balaban J connectivity index is 2.86. The first kappa shape index (κ1) is 14.1. The summed E-state index contributed by atoms with van der Waals surface area (Å²) in [5, 5.41) is 21.3. The highest BCUT2D eigenvalue weighted by Gasteiger charge is 2.15. The molecule has 6 nitrogen and oxygen atoms in total. The number of rotatable bonds is 6. The summed E-state index contributed by atoms with van der Waals surface area (Å²) in [6.07, 6.45) is 0.413. The number of carboxylic acids is 2. The maximum Gasteiger partial charge on any atom is 0.129 e. The number of hydrogen-bond donors (Lipinski definition) is 2. The maximum atomic E-state index is 10.7. The van der Waals surface area contributed by atoms with Gasteiger partial charge in [-0.2, -0.15) is 0 Å². The summed E-state index contributed by atoms with van der Waals surface area (Å²) >= 11 is 0. The third kappa shape index (κ3) is 3.83. The van der Waals surface area contributed by atoms with Gasteiger partial charge < -0.3 is 31.3 Å². The zero-order chi connectivity index (χ0) is 13.7. The van der Waals surface area contributed by atoms with E-state index in [0.29, 0.717) is 0 Å². The Bertz CT molecular complexity index is 406. The number of quaternary nitrogens is 2. The summed E-state index contributed by atoms with van der Waals surface area (Å²) in [6.45, 7) is 0. The standard InChI is InChI=1S/C12H16N2O4/c13-9(11(15)16)5-7-3-1-2-4-8(7)6-10(14)12(17)18/h1-4,9-10H,5-6,13-14H2,(H,15,16)(H,17,18)/t9-,10-/m0/s1. The minimum Gasteiger partial charge on any atom is -0.544 e. The lowest BCUT2D eigenvalue weighted by Gasteiger charge is -2.15. The van der Waals surface area contributed by atoms with Crippen LogP contribution in [-0.4, -0.2) is 24.0 Å². The van der Waals surface area contributed by atoms with Crippen LogP contribution in [0.5, 0.6) is 0 Å². The van der Waals surface area contributed by atoms with Crippen molar-refractivity contribution in [3.05, 3.63) is 35.4 Å². The Morgan fingerprint density at radius 1 is 0.944 bits per heavy atom. The van der Waals surface area contributed by atoms with E-state index in [4.69, 9.17) is 0 Å². The highest BCUT2D eigenvalue weighted by atomic mass is 16.4. The minimum atomic E-state index is -1.23. The van der Waals surface area contributed by atoms with Crippen LogP contribution < -0.4 is 21.7 Å². The van der Waals surface area contributed by atoms with E-state index in [1.54, 1.807) is 24.3 Å². The Morgan fingerprint density at radius 3 is 1.56 bits per heavy atom. The first-order valence-electron chi connectivity index (χ1n) is 5.56. The van der Waals surface area contributed by atoms with Crippen molar-refractivity contribution >= 4 is 11.9 Å². The lowest BCUT2D eigenvalue weighted by molar-refractivity contribution is -0.438. The van der Waals surface area contributed by atoms with Gasteiger partial charge >= 0.3 is 0 Å². The van der Waals surface area contributed by atoms with E-state index in [1.165, 1.54) is 0 Å². The fourth-order valence-corrected chi connectivity index (χ4v) is 1.65. The molecule has 0 radical (unpaired) electrons. The summed E-state index contributed by atoms with van der Waals surface area (Å²) in [7, 11) is 0. The number of carbonyl (C=O) groups is 2. The smallest absolute Gasteiger partial charge is 0.129 e. The van der Waals surface area contributed by atoms with Crippen LogP contribution in [0, 0.1) is 0 Å². The molecule has 0 aliphatic heterocycles. The van der Waals surface area contributed by atoms with E-state index in [-0.39, 0.29) is 12.8 Å². The van der Waals surface area contributed by atoms with E-state index in [9.17, 15) is 19.8 Å². The van der Waals surface area contributed by atoms with Gasteiger partial charge in [0.15, 0.2) is 0 Å². The fraction of sp³-hybridized carbons (Fsp3) is 0.333. The van der Waals surface area contributed by atoms with Crippen molar-refractivity contribution in [1.29, 1.82) is 0 Å². The summed E-state index contributed by atoms with van der Waals surface area (Å²) in [6, 6.07) is 5.29. The van der Waals surface area contributed by atoms with Crippen LogP contribution in [-0.2, 0) is 22.4 Å². The molecule has 0 aliphatic carbocycles. The normalized spacial score (nSPS) is 13.9. The number of carboxylic acid groups (broad SMARTS) is 2. The number of hydrogen-bond acceptors (Lipinski definition) is 4. The van der Waals surface area contributed by atoms with Crippen molar-refractivity contribution in [2.45, 2.75) is 24.9 Å². The van der Waals surface area contributed by atoms with Gasteiger partial charge in [-0.15, -0.1) is 0 Å². The van der Waals surface area contributed by atoms with Gasteiger partial charge in [0.2, 0.25) is 0 Å². The Hall–Kier alpha value is -1.92. The second kappa shape index (κ2) is 6.13. The molecule has 6 N–H and O–H groups in total. The molecule has 1 aromatic carbocycles. The Kier molecular flexibility index (Phi) is 4.82. The molecule has 0 saturated carbocycles. The first-order chi connectivity index (χ1) is 8.41. The molecule has 0 bridgehead atoms. The number of aliphatic carboxylic acids is 2. The maximum absolute atomic E-state index is 10.7. The minimum absolute atomic E-state index is 0.207. The van der Waals surface area contributed by atoms with Crippen molar-refractivity contribution in [2.24, 2.45) is 0 Å². The van der Waals surface area contributed by atoms with Gasteiger partial charge in [-0.25, -0.2) is 0 Å². The Morgan fingerprint density at radius 2 is 1.28 bits per heavy atom. The SMILES string of the molecule is [NH3+][C@@H](Cc1ccccc1C[C@H]([NH3+])C(=O)[O-])C(=O)[O-]. The van der Waals surface area contributed by atoms with Gasteiger partial charge in [-0.3, -0.25) is 0 Å². The predicted molar refractivity (Wildman–Crippen MR) is 57.2 cm³/mol. The first-order valence-corrected chi connectivity index (χ1v) is 5.56. The number of carbonyl (C=O) groups excluding carboxylic acids is 2. The molecule has 0 spiro atoms. The van der Waals surface area contributed by atoms with Crippen LogP contribution in [0.1, 0.15) is 11.1 Å². The zero-order valence-corrected chi connectivity index (χ0v) is 9.93. The quantitative estimate of drug-likeness (QED) is 0.527. The predicted octanol–water partition coefficient (Wildman–Crippen LogP) is -4.51. The average molecular weight is 252 g/mol. The summed E-state index contributed by atoms with van der Waals surface area (Å²) in [5.41, 5.74) is 8.46. The van der Waals surface area contributed by atoms with Crippen LogP contribution in [0.4, 0.5) is 0 Å². The summed E-state index contributed by atoms with van der Waals surface area (Å²) in [5.74, 6) is -2.45. The highest BCUT2D eigenvalue weighted by molar-refractivity contribution is 5.70. The van der Waals surface area contributed by atoms with Gasteiger partial charge in [0.1, 0.15) is 12.1 Å². The molecular weight excluding hydrogens is 236 g/mol. The van der Waals surface area contributed by atoms with E-state index in [2.05, 4.69) is 11.5 Å². The molecule has 6 heteroatoms. The average Bonchev–Trinajstić information content (AvgIpc) is 2.31. The molecule has 0 saturated heterocycles. The van der Waals surface area contributed by atoms with E-state index < -0.39 is 24.0 Å². The van der Waals surface area contributed by atoms with Crippen LogP contribution in [0.3, 0.4) is 0 Å². The molecule has 0 heterocycles. The topological polar surface area (TPSA) is 136 Å². The van der Waals surface area contributed by atoms with Crippen molar-refractivity contribution in [3.63, 3.8) is 0 Å².